The third-order valence-corrected chi connectivity index (χ3v) is 7.45. The highest BCUT2D eigenvalue weighted by atomic mass is 35.5. The summed E-state index contributed by atoms with van der Waals surface area (Å²) in [6, 6.07) is 14.7. The molecule has 0 aliphatic carbocycles. The van der Waals surface area contributed by atoms with Crippen LogP contribution in [-0.4, -0.2) is 47.0 Å². The molecular weight excluding hydrogens is 520 g/mol. The monoisotopic (exact) mass is 544 g/mol. The minimum atomic E-state index is -4.19. The van der Waals surface area contributed by atoms with Gasteiger partial charge in [0, 0.05) is 5.02 Å². The molecule has 0 bridgehead atoms. The van der Waals surface area contributed by atoms with E-state index in [1.165, 1.54) is 56.7 Å². The Kier molecular flexibility index (Phi) is 8.57. The second-order valence-corrected chi connectivity index (χ2v) is 10.3. The van der Waals surface area contributed by atoms with Crippen LogP contribution in [0.4, 0.5) is 11.4 Å². The number of methoxy groups -OCH3 is 2. The van der Waals surface area contributed by atoms with E-state index in [1.54, 1.807) is 25.1 Å². The van der Waals surface area contributed by atoms with Gasteiger partial charge in [-0.15, -0.1) is 0 Å². The molecule has 11 heteroatoms. The number of aryl methyl sites for hydroxylation is 2. The summed E-state index contributed by atoms with van der Waals surface area (Å²) in [6.07, 6.45) is 0. The zero-order valence-corrected chi connectivity index (χ0v) is 22.1. The molecule has 0 spiro atoms. The molecule has 194 valence electrons. The van der Waals surface area contributed by atoms with Gasteiger partial charge < -0.3 is 14.8 Å². The summed E-state index contributed by atoms with van der Waals surface area (Å²) in [5.74, 6) is -2.21. The summed E-state index contributed by atoms with van der Waals surface area (Å²) in [6.45, 7) is 2.86. The number of rotatable bonds is 8. The Morgan fingerprint density at radius 1 is 0.892 bits per heavy atom. The first-order chi connectivity index (χ1) is 17.5. The van der Waals surface area contributed by atoms with Crippen LogP contribution in [0.25, 0.3) is 0 Å². The molecule has 1 amide bonds. The van der Waals surface area contributed by atoms with Crippen molar-refractivity contribution in [1.82, 2.24) is 0 Å². The van der Waals surface area contributed by atoms with Gasteiger partial charge in [-0.25, -0.2) is 18.0 Å². The van der Waals surface area contributed by atoms with Crippen molar-refractivity contribution < 1.29 is 32.3 Å². The molecule has 37 heavy (non-hydrogen) atoms. The van der Waals surface area contributed by atoms with Gasteiger partial charge in [-0.05, 0) is 67.9 Å². The van der Waals surface area contributed by atoms with Gasteiger partial charge in [0.1, 0.15) is 6.54 Å². The standard InChI is InChI=1S/C26H25ClN2O7S/c1-16-5-9-20(10-6-16)37(33,34)29(23-12-8-19(27)13-17(23)2)15-24(30)28-22-14-18(25(31)35-3)7-11-21(22)26(32)36-4/h5-14H,15H2,1-4H3,(H,28,30). The van der Waals surface area contributed by atoms with E-state index in [-0.39, 0.29) is 27.4 Å². The van der Waals surface area contributed by atoms with Gasteiger partial charge in [-0.1, -0.05) is 29.3 Å². The molecule has 0 fully saturated rings. The van der Waals surface area contributed by atoms with Crippen LogP contribution in [0.2, 0.25) is 5.02 Å². The Morgan fingerprint density at radius 3 is 2.14 bits per heavy atom. The van der Waals surface area contributed by atoms with Crippen LogP contribution in [0, 0.1) is 13.8 Å². The first-order valence-electron chi connectivity index (χ1n) is 10.9. The number of benzene rings is 3. The molecule has 3 rings (SSSR count). The van der Waals surface area contributed by atoms with E-state index in [0.717, 1.165) is 9.87 Å². The summed E-state index contributed by atoms with van der Waals surface area (Å²) < 4.78 is 37.7. The average Bonchev–Trinajstić information content (AvgIpc) is 2.87. The molecule has 3 aromatic carbocycles. The highest BCUT2D eigenvalue weighted by molar-refractivity contribution is 7.92. The van der Waals surface area contributed by atoms with E-state index in [1.807, 2.05) is 6.92 Å². The fraction of sp³-hybridized carbons (Fsp3) is 0.192. The maximum atomic E-state index is 13.7. The van der Waals surface area contributed by atoms with Gasteiger partial charge >= 0.3 is 11.9 Å². The highest BCUT2D eigenvalue weighted by Gasteiger charge is 2.29. The molecule has 1 N–H and O–H groups in total. The number of esters is 2. The summed E-state index contributed by atoms with van der Waals surface area (Å²) in [7, 11) is -1.83. The number of hydrogen-bond acceptors (Lipinski definition) is 7. The fourth-order valence-corrected chi connectivity index (χ4v) is 5.25. The number of anilines is 2. The van der Waals surface area contributed by atoms with Crippen molar-refractivity contribution in [2.24, 2.45) is 0 Å². The number of nitrogens with zero attached hydrogens (tertiary/aromatic N) is 1. The van der Waals surface area contributed by atoms with Crippen LogP contribution >= 0.6 is 11.6 Å². The predicted molar refractivity (Wildman–Crippen MR) is 140 cm³/mol. The summed E-state index contributed by atoms with van der Waals surface area (Å²) >= 11 is 6.07. The van der Waals surface area contributed by atoms with Crippen molar-refractivity contribution in [1.29, 1.82) is 0 Å². The van der Waals surface area contributed by atoms with E-state index < -0.39 is 34.4 Å². The number of carbonyl (C=O) groups excluding carboxylic acids is 3. The number of carbonyl (C=O) groups is 3. The molecule has 0 saturated heterocycles. The molecular formula is C26H25ClN2O7S. The lowest BCUT2D eigenvalue weighted by atomic mass is 10.1. The topological polar surface area (TPSA) is 119 Å². The van der Waals surface area contributed by atoms with Crippen molar-refractivity contribution in [3.8, 4) is 0 Å². The lowest BCUT2D eigenvalue weighted by Gasteiger charge is -2.26. The minimum Gasteiger partial charge on any atom is -0.465 e. The molecule has 0 radical (unpaired) electrons. The number of amides is 1. The predicted octanol–water partition coefficient (Wildman–Crippen LogP) is 4.36. The molecule has 9 nitrogen and oxygen atoms in total. The van der Waals surface area contributed by atoms with Crippen LogP contribution in [0.15, 0.2) is 65.6 Å². The second kappa shape index (κ2) is 11.4. The summed E-state index contributed by atoms with van der Waals surface area (Å²) in [5.41, 5.74) is 1.64. The van der Waals surface area contributed by atoms with Crippen LogP contribution in [-0.2, 0) is 24.3 Å². The maximum Gasteiger partial charge on any atom is 0.339 e. The van der Waals surface area contributed by atoms with Gasteiger partial charge in [-0.2, -0.15) is 0 Å². The van der Waals surface area contributed by atoms with E-state index in [2.05, 4.69) is 5.32 Å². The Balaban J connectivity index is 2.04. The van der Waals surface area contributed by atoms with Crippen molar-refractivity contribution in [2.75, 3.05) is 30.4 Å². The highest BCUT2D eigenvalue weighted by Crippen LogP contribution is 2.29. The summed E-state index contributed by atoms with van der Waals surface area (Å²) in [4.78, 5) is 37.4. The zero-order valence-electron chi connectivity index (χ0n) is 20.6. The van der Waals surface area contributed by atoms with E-state index >= 15 is 0 Å². The molecule has 0 aromatic heterocycles. The Bertz CT molecular complexity index is 1450. The van der Waals surface area contributed by atoms with Crippen molar-refractivity contribution in [3.63, 3.8) is 0 Å². The van der Waals surface area contributed by atoms with Crippen LogP contribution in [0.5, 0.6) is 0 Å². The fourth-order valence-electron chi connectivity index (χ4n) is 3.54. The SMILES string of the molecule is COC(=O)c1ccc(C(=O)OC)c(NC(=O)CN(c2ccc(Cl)cc2C)S(=O)(=O)c2ccc(C)cc2)c1. The minimum absolute atomic E-state index is 0.0109. The van der Waals surface area contributed by atoms with E-state index in [0.29, 0.717) is 10.6 Å². The Hall–Kier alpha value is -3.89. The number of nitrogens with one attached hydrogen (secondary N) is 1. The van der Waals surface area contributed by atoms with Gasteiger partial charge in [0.2, 0.25) is 5.91 Å². The van der Waals surface area contributed by atoms with E-state index in [4.69, 9.17) is 21.1 Å². The lowest BCUT2D eigenvalue weighted by Crippen LogP contribution is -2.38. The number of sulfonamides is 1. The third kappa shape index (κ3) is 6.28. The largest absolute Gasteiger partial charge is 0.465 e. The zero-order chi connectivity index (χ0) is 27.3. The first kappa shape index (κ1) is 27.7. The van der Waals surface area contributed by atoms with Gasteiger partial charge in [0.15, 0.2) is 0 Å². The molecule has 3 aromatic rings. The first-order valence-corrected chi connectivity index (χ1v) is 12.8. The molecule has 0 aliphatic heterocycles. The Labute approximate surface area is 220 Å². The maximum absolute atomic E-state index is 13.7. The van der Waals surface area contributed by atoms with E-state index in [9.17, 15) is 22.8 Å². The van der Waals surface area contributed by atoms with Crippen molar-refractivity contribution in [3.05, 3.63) is 87.9 Å². The van der Waals surface area contributed by atoms with Crippen LogP contribution < -0.4 is 9.62 Å². The quantitative estimate of drug-likeness (QED) is 0.418. The molecule has 0 heterocycles. The molecule has 0 atom stereocenters. The number of hydrogen-bond donors (Lipinski definition) is 1. The van der Waals surface area contributed by atoms with Crippen LogP contribution in [0.3, 0.4) is 0 Å². The Morgan fingerprint density at radius 2 is 1.54 bits per heavy atom. The van der Waals surface area contributed by atoms with Gasteiger partial charge in [0.25, 0.3) is 10.0 Å². The van der Waals surface area contributed by atoms with Gasteiger partial charge in [-0.3, -0.25) is 9.10 Å². The van der Waals surface area contributed by atoms with Crippen molar-refractivity contribution in [2.45, 2.75) is 18.7 Å². The molecule has 0 aliphatic rings. The average molecular weight is 545 g/mol. The molecule has 0 unspecified atom stereocenters. The summed E-state index contributed by atoms with van der Waals surface area (Å²) in [5, 5.41) is 2.93. The van der Waals surface area contributed by atoms with Crippen molar-refractivity contribution >= 4 is 50.8 Å². The number of halogens is 1. The number of ether oxygens (including phenoxy) is 2. The van der Waals surface area contributed by atoms with Gasteiger partial charge in [0.05, 0.1) is 41.6 Å². The normalized spacial score (nSPS) is 10.9. The second-order valence-electron chi connectivity index (χ2n) is 8.05. The smallest absolute Gasteiger partial charge is 0.339 e. The third-order valence-electron chi connectivity index (χ3n) is 5.44. The van der Waals surface area contributed by atoms with Crippen LogP contribution in [0.1, 0.15) is 31.8 Å². The molecule has 0 saturated carbocycles. The lowest BCUT2D eigenvalue weighted by molar-refractivity contribution is -0.114.